The molecule has 0 aliphatic rings. The van der Waals surface area contributed by atoms with Crippen LogP contribution < -0.4 is 11.3 Å². The van der Waals surface area contributed by atoms with E-state index >= 15 is 0 Å². The van der Waals surface area contributed by atoms with E-state index in [9.17, 15) is 4.21 Å². The van der Waals surface area contributed by atoms with Crippen molar-refractivity contribution in [3.8, 4) is 0 Å². The van der Waals surface area contributed by atoms with Gasteiger partial charge in [0.25, 0.3) is 0 Å². The Bertz CT molecular complexity index is 396. The second-order valence-electron chi connectivity index (χ2n) is 3.17. The zero-order valence-corrected chi connectivity index (χ0v) is 8.97. The average molecular weight is 214 g/mol. The third kappa shape index (κ3) is 2.02. The van der Waals surface area contributed by atoms with Crippen LogP contribution in [0.4, 0.5) is 5.82 Å². The third-order valence-corrected chi connectivity index (χ3v) is 4.17. The number of nitrogens with one attached hydrogen (secondary N) is 2. The highest BCUT2D eigenvalue weighted by molar-refractivity contribution is 7.93. The lowest BCUT2D eigenvalue weighted by Gasteiger charge is -2.10. The van der Waals surface area contributed by atoms with Gasteiger partial charge in [-0.15, -0.1) is 0 Å². The van der Waals surface area contributed by atoms with Crippen LogP contribution in [-0.2, 0) is 9.73 Å². The minimum atomic E-state index is -2.73. The summed E-state index contributed by atoms with van der Waals surface area (Å²) < 4.78 is 19.5. The number of pyridine rings is 1. The molecular formula is C8H14N4OS. The van der Waals surface area contributed by atoms with Crippen molar-refractivity contribution in [2.45, 2.75) is 24.0 Å². The average Bonchev–Trinajstić information content (AvgIpc) is 2.17. The van der Waals surface area contributed by atoms with Crippen molar-refractivity contribution in [3.63, 3.8) is 0 Å². The predicted molar refractivity (Wildman–Crippen MR) is 56.3 cm³/mol. The molecule has 1 atom stereocenters. The molecule has 1 rings (SSSR count). The third-order valence-electron chi connectivity index (χ3n) is 1.90. The molecule has 0 aromatic carbocycles. The minimum Gasteiger partial charge on any atom is -0.308 e. The van der Waals surface area contributed by atoms with Crippen LogP contribution >= 0.6 is 0 Å². The molecule has 1 aromatic rings. The Morgan fingerprint density at radius 3 is 2.57 bits per heavy atom. The van der Waals surface area contributed by atoms with Crippen molar-refractivity contribution in [1.82, 2.24) is 4.98 Å². The molecule has 78 valence electrons. The van der Waals surface area contributed by atoms with E-state index in [0.29, 0.717) is 10.7 Å². The molecule has 5 nitrogen and oxygen atoms in total. The fourth-order valence-corrected chi connectivity index (χ4v) is 1.94. The largest absolute Gasteiger partial charge is 0.308 e. The first-order valence-corrected chi connectivity index (χ1v) is 5.81. The Morgan fingerprint density at radius 2 is 2.21 bits per heavy atom. The molecule has 0 amide bonds. The molecule has 0 bridgehead atoms. The Kier molecular flexibility index (Phi) is 3.07. The van der Waals surface area contributed by atoms with E-state index in [4.69, 9.17) is 10.6 Å². The number of nitrogens with zero attached hydrogens (tertiary/aromatic N) is 1. The maximum absolute atomic E-state index is 11.9. The van der Waals surface area contributed by atoms with Crippen LogP contribution in [0, 0.1) is 4.78 Å². The zero-order chi connectivity index (χ0) is 10.8. The van der Waals surface area contributed by atoms with Gasteiger partial charge in [-0.3, -0.25) is 0 Å². The molecule has 14 heavy (non-hydrogen) atoms. The van der Waals surface area contributed by atoms with Gasteiger partial charge in [0.05, 0.1) is 14.6 Å². The number of hydrogen-bond acceptors (Lipinski definition) is 5. The van der Waals surface area contributed by atoms with Gasteiger partial charge in [-0.1, -0.05) is 0 Å². The fourth-order valence-electron chi connectivity index (χ4n) is 0.917. The summed E-state index contributed by atoms with van der Waals surface area (Å²) in [5.74, 6) is 5.63. The van der Waals surface area contributed by atoms with Gasteiger partial charge in [-0.2, -0.15) is 0 Å². The molecule has 4 N–H and O–H groups in total. The summed E-state index contributed by atoms with van der Waals surface area (Å²) in [7, 11) is -2.73. The van der Waals surface area contributed by atoms with Crippen molar-refractivity contribution in [2.24, 2.45) is 5.84 Å². The lowest BCUT2D eigenvalue weighted by Crippen LogP contribution is -2.13. The van der Waals surface area contributed by atoms with Gasteiger partial charge in [0, 0.05) is 11.4 Å². The topological polar surface area (TPSA) is 91.9 Å². The summed E-state index contributed by atoms with van der Waals surface area (Å²) in [6, 6.07) is 3.21. The molecule has 0 unspecified atom stereocenters. The van der Waals surface area contributed by atoms with Crippen LogP contribution in [0.2, 0.25) is 0 Å². The number of hydrazine groups is 1. The summed E-state index contributed by atoms with van der Waals surface area (Å²) in [6.07, 6.45) is 1.42. The Balaban J connectivity index is 3.10. The van der Waals surface area contributed by atoms with Gasteiger partial charge in [0.15, 0.2) is 0 Å². The fraction of sp³-hybridized carbons (Fsp3) is 0.375. The maximum Gasteiger partial charge on any atom is 0.139 e. The minimum absolute atomic E-state index is 0.221. The number of rotatable bonds is 3. The highest BCUT2D eigenvalue weighted by Gasteiger charge is 2.14. The van der Waals surface area contributed by atoms with Gasteiger partial charge in [-0.05, 0) is 26.0 Å². The quantitative estimate of drug-likeness (QED) is 0.520. The van der Waals surface area contributed by atoms with Crippen LogP contribution in [0.3, 0.4) is 0 Å². The van der Waals surface area contributed by atoms with E-state index in [1.807, 2.05) is 0 Å². The lowest BCUT2D eigenvalue weighted by molar-refractivity contribution is 0.667. The van der Waals surface area contributed by atoms with E-state index in [1.165, 1.54) is 6.20 Å². The first-order chi connectivity index (χ1) is 6.48. The number of nitrogens with two attached hydrogens (primary N) is 1. The smallest absolute Gasteiger partial charge is 0.139 e. The SMILES string of the molecule is CC(C)[S@](=N)(=O)c1ccc(NN)nc1. The molecular weight excluding hydrogens is 200 g/mol. The molecule has 1 aromatic heterocycles. The normalized spacial score (nSPS) is 15.1. The first kappa shape index (κ1) is 10.9. The summed E-state index contributed by atoms with van der Waals surface area (Å²) in [4.78, 5) is 4.35. The zero-order valence-electron chi connectivity index (χ0n) is 8.15. The monoisotopic (exact) mass is 214 g/mol. The van der Waals surface area contributed by atoms with Gasteiger partial charge in [-0.25, -0.2) is 19.8 Å². The van der Waals surface area contributed by atoms with Crippen molar-refractivity contribution in [2.75, 3.05) is 5.43 Å². The van der Waals surface area contributed by atoms with Gasteiger partial charge >= 0.3 is 0 Å². The predicted octanol–water partition coefficient (Wildman–Crippen LogP) is 1.18. The summed E-state index contributed by atoms with van der Waals surface area (Å²) in [6.45, 7) is 3.51. The molecule has 0 spiro atoms. The van der Waals surface area contributed by atoms with Crippen molar-refractivity contribution in [1.29, 1.82) is 4.78 Å². The van der Waals surface area contributed by atoms with E-state index in [-0.39, 0.29) is 5.25 Å². The van der Waals surface area contributed by atoms with Gasteiger partial charge in [0.2, 0.25) is 0 Å². The number of anilines is 1. The molecule has 0 saturated carbocycles. The lowest BCUT2D eigenvalue weighted by atomic mass is 10.5. The van der Waals surface area contributed by atoms with Crippen LogP contribution in [0.5, 0.6) is 0 Å². The van der Waals surface area contributed by atoms with E-state index in [2.05, 4.69) is 10.4 Å². The Hall–Kier alpha value is -1.14. The Morgan fingerprint density at radius 1 is 1.57 bits per heavy atom. The summed E-state index contributed by atoms with van der Waals surface area (Å²) in [5, 5.41) is -0.221. The number of aromatic nitrogens is 1. The van der Waals surface area contributed by atoms with Gasteiger partial charge < -0.3 is 5.43 Å². The molecule has 0 fully saturated rings. The number of nitrogen functional groups attached to an aromatic ring is 1. The molecule has 0 aliphatic heterocycles. The standard InChI is InChI=1S/C8H14N4OS/c1-6(2)14(10,13)7-3-4-8(12-9)11-5-7/h3-6,10H,9H2,1-2H3,(H,11,12)/t14-/m0/s1. The summed E-state index contributed by atoms with van der Waals surface area (Å²) >= 11 is 0. The molecule has 1 heterocycles. The second kappa shape index (κ2) is 3.93. The van der Waals surface area contributed by atoms with E-state index in [1.54, 1.807) is 26.0 Å². The molecule has 6 heteroatoms. The Labute approximate surface area is 83.7 Å². The molecule has 0 radical (unpaired) electrons. The second-order valence-corrected chi connectivity index (χ2v) is 5.79. The van der Waals surface area contributed by atoms with E-state index in [0.717, 1.165) is 0 Å². The van der Waals surface area contributed by atoms with Crippen molar-refractivity contribution < 1.29 is 4.21 Å². The summed E-state index contributed by atoms with van der Waals surface area (Å²) in [5.41, 5.74) is 2.37. The van der Waals surface area contributed by atoms with Crippen LogP contribution in [-0.4, -0.2) is 14.4 Å². The first-order valence-electron chi connectivity index (χ1n) is 4.19. The highest BCUT2D eigenvalue weighted by Crippen LogP contribution is 2.16. The van der Waals surface area contributed by atoms with Crippen LogP contribution in [0.25, 0.3) is 0 Å². The van der Waals surface area contributed by atoms with Crippen molar-refractivity contribution >= 4 is 15.5 Å². The van der Waals surface area contributed by atoms with Crippen molar-refractivity contribution in [3.05, 3.63) is 18.3 Å². The van der Waals surface area contributed by atoms with E-state index < -0.39 is 9.73 Å². The highest BCUT2D eigenvalue weighted by atomic mass is 32.2. The van der Waals surface area contributed by atoms with Gasteiger partial charge in [0.1, 0.15) is 5.82 Å². The maximum atomic E-state index is 11.9. The van der Waals surface area contributed by atoms with Crippen LogP contribution in [0.15, 0.2) is 23.2 Å². The van der Waals surface area contributed by atoms with Crippen LogP contribution in [0.1, 0.15) is 13.8 Å². The number of hydrogen-bond donors (Lipinski definition) is 3. The molecule has 0 saturated heterocycles. The molecule has 0 aliphatic carbocycles.